The van der Waals surface area contributed by atoms with Crippen LogP contribution in [-0.2, 0) is 4.79 Å². The standard InChI is InChI=1S/C30H32FN5O3/c1-20(2)18-35(30(38)32-24-12-8-11-23(31)17-24)19-27(37)33-29-28(22-9-6-5-7-10-22)21(3)34-36(29)25-13-15-26(39-4)16-14-25/h5-17,20H,18-19H2,1-4H3,(H,32,38)(H,33,37). The van der Waals surface area contributed by atoms with Gasteiger partial charge in [0.2, 0.25) is 5.91 Å². The number of aromatic nitrogens is 2. The summed E-state index contributed by atoms with van der Waals surface area (Å²) >= 11 is 0. The molecule has 1 aromatic heterocycles. The van der Waals surface area contributed by atoms with E-state index in [0.29, 0.717) is 23.8 Å². The third kappa shape index (κ3) is 6.81. The molecule has 0 saturated heterocycles. The Morgan fingerprint density at radius 2 is 1.72 bits per heavy atom. The number of amides is 3. The van der Waals surface area contributed by atoms with Crippen molar-refractivity contribution in [2.24, 2.45) is 5.92 Å². The van der Waals surface area contributed by atoms with Crippen molar-refractivity contribution in [3.8, 4) is 22.6 Å². The van der Waals surface area contributed by atoms with Crippen LogP contribution in [0.25, 0.3) is 16.8 Å². The summed E-state index contributed by atoms with van der Waals surface area (Å²) in [5.41, 5.74) is 3.45. The summed E-state index contributed by atoms with van der Waals surface area (Å²) in [5.74, 6) is 0.436. The van der Waals surface area contributed by atoms with Crippen LogP contribution >= 0.6 is 0 Å². The van der Waals surface area contributed by atoms with Crippen molar-refractivity contribution in [2.75, 3.05) is 30.8 Å². The molecule has 3 aromatic carbocycles. The van der Waals surface area contributed by atoms with Gasteiger partial charge in [0.25, 0.3) is 0 Å². The Morgan fingerprint density at radius 1 is 1.00 bits per heavy atom. The van der Waals surface area contributed by atoms with Crippen LogP contribution in [0.1, 0.15) is 19.5 Å². The molecule has 0 fully saturated rings. The molecule has 202 valence electrons. The van der Waals surface area contributed by atoms with Crippen LogP contribution in [0.4, 0.5) is 20.7 Å². The summed E-state index contributed by atoms with van der Waals surface area (Å²) in [6, 6.07) is 22.2. The van der Waals surface area contributed by atoms with Gasteiger partial charge in [0, 0.05) is 17.8 Å². The Hall–Kier alpha value is -4.66. The number of halogens is 1. The van der Waals surface area contributed by atoms with Gasteiger partial charge in [0.15, 0.2) is 0 Å². The summed E-state index contributed by atoms with van der Waals surface area (Å²) in [6.07, 6.45) is 0. The van der Waals surface area contributed by atoms with Crippen LogP contribution in [0.15, 0.2) is 78.9 Å². The third-order valence-corrected chi connectivity index (χ3v) is 5.98. The second-order valence-corrected chi connectivity index (χ2v) is 9.55. The highest BCUT2D eigenvalue weighted by atomic mass is 19.1. The fourth-order valence-electron chi connectivity index (χ4n) is 4.28. The lowest BCUT2D eigenvalue weighted by atomic mass is 10.1. The molecule has 0 spiro atoms. The average molecular weight is 530 g/mol. The molecular weight excluding hydrogens is 497 g/mol. The molecule has 0 unspecified atom stereocenters. The van der Waals surface area contributed by atoms with E-state index in [0.717, 1.165) is 22.5 Å². The zero-order valence-corrected chi connectivity index (χ0v) is 22.4. The van der Waals surface area contributed by atoms with Crippen LogP contribution in [0, 0.1) is 18.7 Å². The highest BCUT2D eigenvalue weighted by molar-refractivity contribution is 5.99. The van der Waals surface area contributed by atoms with Crippen LogP contribution in [-0.4, -0.2) is 46.8 Å². The van der Waals surface area contributed by atoms with E-state index in [9.17, 15) is 14.0 Å². The van der Waals surface area contributed by atoms with E-state index >= 15 is 0 Å². The quantitative estimate of drug-likeness (QED) is 0.273. The Kier molecular flexibility index (Phi) is 8.60. The molecule has 0 bridgehead atoms. The molecule has 9 heteroatoms. The van der Waals surface area contributed by atoms with Crippen molar-refractivity contribution in [1.82, 2.24) is 14.7 Å². The third-order valence-electron chi connectivity index (χ3n) is 5.98. The molecule has 4 aromatic rings. The Balaban J connectivity index is 1.64. The molecule has 39 heavy (non-hydrogen) atoms. The van der Waals surface area contributed by atoms with Gasteiger partial charge in [-0.15, -0.1) is 0 Å². The second kappa shape index (κ2) is 12.3. The number of nitrogens with one attached hydrogen (secondary N) is 2. The number of carbonyl (C=O) groups excluding carboxylic acids is 2. The molecule has 2 N–H and O–H groups in total. The Bertz CT molecular complexity index is 1430. The summed E-state index contributed by atoms with van der Waals surface area (Å²) in [5, 5.41) is 10.4. The van der Waals surface area contributed by atoms with Gasteiger partial charge < -0.3 is 20.3 Å². The van der Waals surface area contributed by atoms with E-state index in [2.05, 4.69) is 10.6 Å². The minimum Gasteiger partial charge on any atom is -0.497 e. The highest BCUT2D eigenvalue weighted by Gasteiger charge is 2.23. The van der Waals surface area contributed by atoms with Gasteiger partial charge in [-0.05, 0) is 60.9 Å². The number of nitrogens with zero attached hydrogens (tertiary/aromatic N) is 3. The summed E-state index contributed by atoms with van der Waals surface area (Å²) in [7, 11) is 1.60. The van der Waals surface area contributed by atoms with E-state index < -0.39 is 17.8 Å². The first-order chi connectivity index (χ1) is 18.7. The van der Waals surface area contributed by atoms with Crippen LogP contribution < -0.4 is 15.4 Å². The zero-order valence-electron chi connectivity index (χ0n) is 22.4. The molecular formula is C30H32FN5O3. The van der Waals surface area contributed by atoms with Crippen molar-refractivity contribution in [3.05, 3.63) is 90.4 Å². The summed E-state index contributed by atoms with van der Waals surface area (Å²) in [4.78, 5) is 27.9. The SMILES string of the molecule is COc1ccc(-n2nc(C)c(-c3ccccc3)c2NC(=O)CN(CC(C)C)C(=O)Nc2cccc(F)c2)cc1. The van der Waals surface area contributed by atoms with E-state index in [1.807, 2.05) is 75.4 Å². The number of rotatable bonds is 9. The topological polar surface area (TPSA) is 88.5 Å². The van der Waals surface area contributed by atoms with Gasteiger partial charge in [-0.3, -0.25) is 4.79 Å². The minimum atomic E-state index is -0.493. The fourth-order valence-corrected chi connectivity index (χ4v) is 4.28. The largest absolute Gasteiger partial charge is 0.497 e. The number of benzene rings is 3. The van der Waals surface area contributed by atoms with Gasteiger partial charge in [-0.1, -0.05) is 50.2 Å². The van der Waals surface area contributed by atoms with Gasteiger partial charge in [0.1, 0.15) is 23.9 Å². The zero-order chi connectivity index (χ0) is 27.9. The molecule has 0 aliphatic rings. The smallest absolute Gasteiger partial charge is 0.322 e. The Morgan fingerprint density at radius 3 is 2.36 bits per heavy atom. The van der Waals surface area contributed by atoms with Crippen molar-refractivity contribution in [2.45, 2.75) is 20.8 Å². The normalized spacial score (nSPS) is 10.8. The number of urea groups is 1. The fraction of sp³-hybridized carbons (Fsp3) is 0.233. The molecule has 3 amide bonds. The van der Waals surface area contributed by atoms with Crippen molar-refractivity contribution in [1.29, 1.82) is 0 Å². The first-order valence-corrected chi connectivity index (χ1v) is 12.7. The first-order valence-electron chi connectivity index (χ1n) is 12.7. The summed E-state index contributed by atoms with van der Waals surface area (Å²) in [6.45, 7) is 5.92. The number of methoxy groups -OCH3 is 1. The molecule has 0 aliphatic heterocycles. The molecule has 4 rings (SSSR count). The first kappa shape index (κ1) is 27.4. The highest BCUT2D eigenvalue weighted by Crippen LogP contribution is 2.33. The van der Waals surface area contributed by atoms with Crippen LogP contribution in [0.3, 0.4) is 0 Å². The van der Waals surface area contributed by atoms with E-state index in [4.69, 9.17) is 9.84 Å². The number of carbonyl (C=O) groups is 2. The van der Waals surface area contributed by atoms with Crippen molar-refractivity contribution < 1.29 is 18.7 Å². The minimum absolute atomic E-state index is 0.100. The molecule has 0 saturated carbocycles. The molecule has 0 aliphatic carbocycles. The van der Waals surface area contributed by atoms with Crippen LogP contribution in [0.2, 0.25) is 0 Å². The van der Waals surface area contributed by atoms with Gasteiger partial charge in [-0.25, -0.2) is 13.9 Å². The number of aryl methyl sites for hydroxylation is 1. The lowest BCUT2D eigenvalue weighted by Gasteiger charge is -2.24. The van der Waals surface area contributed by atoms with Gasteiger partial charge >= 0.3 is 6.03 Å². The maximum atomic E-state index is 13.6. The lowest BCUT2D eigenvalue weighted by Crippen LogP contribution is -2.42. The predicted octanol–water partition coefficient (Wildman–Crippen LogP) is 6.12. The molecule has 8 nitrogen and oxygen atoms in total. The van der Waals surface area contributed by atoms with Gasteiger partial charge in [-0.2, -0.15) is 5.10 Å². The maximum absolute atomic E-state index is 13.6. The number of hydrogen-bond acceptors (Lipinski definition) is 4. The Labute approximate surface area is 227 Å². The van der Waals surface area contributed by atoms with Crippen molar-refractivity contribution in [3.63, 3.8) is 0 Å². The maximum Gasteiger partial charge on any atom is 0.322 e. The monoisotopic (exact) mass is 529 g/mol. The molecule has 0 radical (unpaired) electrons. The number of hydrogen-bond donors (Lipinski definition) is 2. The van der Waals surface area contributed by atoms with Crippen LogP contribution in [0.5, 0.6) is 5.75 Å². The van der Waals surface area contributed by atoms with E-state index in [1.165, 1.54) is 23.1 Å². The van der Waals surface area contributed by atoms with E-state index in [1.54, 1.807) is 17.9 Å². The average Bonchev–Trinajstić information content (AvgIpc) is 3.23. The lowest BCUT2D eigenvalue weighted by molar-refractivity contribution is -0.116. The second-order valence-electron chi connectivity index (χ2n) is 9.55. The predicted molar refractivity (Wildman–Crippen MR) is 151 cm³/mol. The molecule has 0 atom stereocenters. The van der Waals surface area contributed by atoms with Gasteiger partial charge in [0.05, 0.1) is 18.5 Å². The van der Waals surface area contributed by atoms with Crippen molar-refractivity contribution >= 4 is 23.4 Å². The summed E-state index contributed by atoms with van der Waals surface area (Å²) < 4.78 is 20.6. The number of anilines is 2. The van der Waals surface area contributed by atoms with E-state index in [-0.39, 0.29) is 12.5 Å². The number of ether oxygens (including phenoxy) is 1. The molecule has 1 heterocycles.